The first-order valence-electron chi connectivity index (χ1n) is 6.64. The molecule has 7 heteroatoms. The molecule has 0 aromatic heterocycles. The lowest BCUT2D eigenvalue weighted by molar-refractivity contribution is -0.384. The topological polar surface area (TPSA) is 93.5 Å². The van der Waals surface area contributed by atoms with Crippen LogP contribution in [0.2, 0.25) is 0 Å². The molecule has 1 amide bonds. The number of carbonyl (C=O) groups excluding carboxylic acids is 1. The van der Waals surface area contributed by atoms with Crippen LogP contribution in [0.5, 0.6) is 0 Å². The number of hydrogen-bond acceptors (Lipinski definition) is 5. The van der Waals surface area contributed by atoms with Crippen LogP contribution >= 0.6 is 0 Å². The highest BCUT2D eigenvalue weighted by atomic mass is 16.6. The van der Waals surface area contributed by atoms with Gasteiger partial charge in [-0.1, -0.05) is 0 Å². The molecule has 0 bridgehead atoms. The lowest BCUT2D eigenvalue weighted by atomic mass is 10.1. The number of nitrogens with one attached hydrogen (secondary N) is 2. The van der Waals surface area contributed by atoms with Crippen LogP contribution in [0.3, 0.4) is 0 Å². The molecule has 0 aliphatic rings. The van der Waals surface area contributed by atoms with Crippen molar-refractivity contribution in [2.75, 3.05) is 25.6 Å². The predicted molar refractivity (Wildman–Crippen MR) is 80.7 cm³/mol. The van der Waals surface area contributed by atoms with E-state index in [1.165, 1.54) is 18.2 Å². The average Bonchev–Trinajstić information content (AvgIpc) is 2.37. The SMILES string of the molecule is CCNc1cc(C(=O)NC(C)(C)COC)ccc1[N+](=O)[O-]. The van der Waals surface area contributed by atoms with Gasteiger partial charge in [-0.25, -0.2) is 0 Å². The summed E-state index contributed by atoms with van der Waals surface area (Å²) in [6.07, 6.45) is 0. The van der Waals surface area contributed by atoms with Gasteiger partial charge in [0.15, 0.2) is 0 Å². The normalized spacial score (nSPS) is 11.0. The van der Waals surface area contributed by atoms with Crippen LogP contribution in [0.25, 0.3) is 0 Å². The standard InChI is InChI=1S/C14H21N3O4/c1-5-15-11-8-10(6-7-12(11)17(19)20)13(18)16-14(2,3)9-21-4/h6-8,15H,5,9H2,1-4H3,(H,16,18). The summed E-state index contributed by atoms with van der Waals surface area (Å²) in [6.45, 7) is 6.40. The Morgan fingerprint density at radius 3 is 2.62 bits per heavy atom. The third-order valence-corrected chi connectivity index (χ3v) is 2.78. The van der Waals surface area contributed by atoms with E-state index in [0.29, 0.717) is 24.4 Å². The minimum atomic E-state index is -0.522. The van der Waals surface area contributed by atoms with Crippen LogP contribution in [0, 0.1) is 10.1 Å². The van der Waals surface area contributed by atoms with Crippen molar-refractivity contribution in [2.24, 2.45) is 0 Å². The van der Waals surface area contributed by atoms with E-state index < -0.39 is 10.5 Å². The molecular formula is C14H21N3O4. The smallest absolute Gasteiger partial charge is 0.292 e. The fraction of sp³-hybridized carbons (Fsp3) is 0.500. The maximum absolute atomic E-state index is 12.2. The number of anilines is 1. The number of methoxy groups -OCH3 is 1. The zero-order chi connectivity index (χ0) is 16.0. The molecular weight excluding hydrogens is 274 g/mol. The maximum atomic E-state index is 12.2. The lowest BCUT2D eigenvalue weighted by Crippen LogP contribution is -2.46. The van der Waals surface area contributed by atoms with Crippen LogP contribution in [0.4, 0.5) is 11.4 Å². The molecule has 0 aliphatic carbocycles. The van der Waals surface area contributed by atoms with Gasteiger partial charge in [0.2, 0.25) is 0 Å². The summed E-state index contributed by atoms with van der Waals surface area (Å²) in [5, 5.41) is 16.7. The summed E-state index contributed by atoms with van der Waals surface area (Å²) < 4.78 is 5.04. The maximum Gasteiger partial charge on any atom is 0.292 e. The number of hydrogen-bond donors (Lipinski definition) is 2. The van der Waals surface area contributed by atoms with Crippen molar-refractivity contribution >= 4 is 17.3 Å². The summed E-state index contributed by atoms with van der Waals surface area (Å²) in [6, 6.07) is 4.26. The van der Waals surface area contributed by atoms with Gasteiger partial charge in [-0.15, -0.1) is 0 Å². The number of amides is 1. The Balaban J connectivity index is 3.00. The van der Waals surface area contributed by atoms with Gasteiger partial charge in [0.25, 0.3) is 11.6 Å². The van der Waals surface area contributed by atoms with E-state index in [2.05, 4.69) is 10.6 Å². The second-order valence-corrected chi connectivity index (χ2v) is 5.29. The Morgan fingerprint density at radius 2 is 2.10 bits per heavy atom. The van der Waals surface area contributed by atoms with Crippen LogP contribution in [0.15, 0.2) is 18.2 Å². The number of ether oxygens (including phenoxy) is 1. The van der Waals surface area contributed by atoms with Gasteiger partial charge in [-0.05, 0) is 32.9 Å². The molecule has 1 rings (SSSR count). The van der Waals surface area contributed by atoms with E-state index in [1.807, 2.05) is 20.8 Å². The van der Waals surface area contributed by atoms with Crippen LogP contribution < -0.4 is 10.6 Å². The molecule has 21 heavy (non-hydrogen) atoms. The second-order valence-electron chi connectivity index (χ2n) is 5.29. The third-order valence-electron chi connectivity index (χ3n) is 2.78. The summed E-state index contributed by atoms with van der Waals surface area (Å²) in [4.78, 5) is 22.7. The Hall–Kier alpha value is -2.15. The van der Waals surface area contributed by atoms with Crippen molar-refractivity contribution in [3.63, 3.8) is 0 Å². The Bertz CT molecular complexity index is 529. The molecule has 1 aromatic carbocycles. The van der Waals surface area contributed by atoms with Crippen LogP contribution in [0.1, 0.15) is 31.1 Å². The van der Waals surface area contributed by atoms with Crippen molar-refractivity contribution in [3.05, 3.63) is 33.9 Å². The van der Waals surface area contributed by atoms with E-state index in [-0.39, 0.29) is 11.6 Å². The summed E-state index contributed by atoms with van der Waals surface area (Å²) in [7, 11) is 1.56. The zero-order valence-electron chi connectivity index (χ0n) is 12.7. The quantitative estimate of drug-likeness (QED) is 0.594. The molecule has 0 radical (unpaired) electrons. The minimum Gasteiger partial charge on any atom is -0.382 e. The fourth-order valence-corrected chi connectivity index (χ4v) is 1.94. The van der Waals surface area contributed by atoms with E-state index in [9.17, 15) is 14.9 Å². The number of benzene rings is 1. The number of nitro groups is 1. The van der Waals surface area contributed by atoms with Gasteiger partial charge in [0.05, 0.1) is 17.1 Å². The number of rotatable bonds is 7. The van der Waals surface area contributed by atoms with E-state index >= 15 is 0 Å². The highest BCUT2D eigenvalue weighted by Gasteiger charge is 2.22. The van der Waals surface area contributed by atoms with Gasteiger partial charge >= 0.3 is 0 Å². The Kier molecular flexibility index (Phi) is 5.66. The first-order chi connectivity index (χ1) is 9.80. The fourth-order valence-electron chi connectivity index (χ4n) is 1.94. The summed E-state index contributed by atoms with van der Waals surface area (Å²) in [5.74, 6) is -0.300. The van der Waals surface area contributed by atoms with E-state index in [1.54, 1.807) is 7.11 Å². The van der Waals surface area contributed by atoms with Gasteiger partial charge in [-0.3, -0.25) is 14.9 Å². The van der Waals surface area contributed by atoms with Gasteiger partial charge in [-0.2, -0.15) is 0 Å². The minimum absolute atomic E-state index is 0.0513. The van der Waals surface area contributed by atoms with Gasteiger partial charge in [0, 0.05) is 25.3 Å². The molecule has 0 spiro atoms. The number of nitro benzene ring substituents is 1. The highest BCUT2D eigenvalue weighted by molar-refractivity contribution is 5.96. The molecule has 0 unspecified atom stereocenters. The Morgan fingerprint density at radius 1 is 1.43 bits per heavy atom. The molecule has 1 aromatic rings. The first-order valence-corrected chi connectivity index (χ1v) is 6.64. The van der Waals surface area contributed by atoms with Crippen molar-refractivity contribution in [3.8, 4) is 0 Å². The average molecular weight is 295 g/mol. The van der Waals surface area contributed by atoms with Crippen molar-refractivity contribution in [1.29, 1.82) is 0 Å². The molecule has 7 nitrogen and oxygen atoms in total. The molecule has 116 valence electrons. The summed E-state index contributed by atoms with van der Waals surface area (Å²) in [5.41, 5.74) is 0.122. The van der Waals surface area contributed by atoms with Gasteiger partial charge < -0.3 is 15.4 Å². The zero-order valence-corrected chi connectivity index (χ0v) is 12.7. The molecule has 0 heterocycles. The number of nitrogens with zero attached hydrogens (tertiary/aromatic N) is 1. The van der Waals surface area contributed by atoms with Crippen molar-refractivity contribution in [2.45, 2.75) is 26.3 Å². The van der Waals surface area contributed by atoms with Crippen molar-refractivity contribution < 1.29 is 14.5 Å². The largest absolute Gasteiger partial charge is 0.382 e. The van der Waals surface area contributed by atoms with Crippen LogP contribution in [-0.2, 0) is 4.74 Å². The Labute approximate surface area is 123 Å². The van der Waals surface area contributed by atoms with Crippen molar-refractivity contribution in [1.82, 2.24) is 5.32 Å². The predicted octanol–water partition coefficient (Wildman–Crippen LogP) is 2.18. The molecule has 0 atom stereocenters. The first kappa shape index (κ1) is 16.9. The van der Waals surface area contributed by atoms with Gasteiger partial charge in [0.1, 0.15) is 5.69 Å². The third kappa shape index (κ3) is 4.71. The molecule has 0 aliphatic heterocycles. The van der Waals surface area contributed by atoms with Crippen LogP contribution in [-0.4, -0.2) is 36.6 Å². The number of carbonyl (C=O) groups is 1. The highest BCUT2D eigenvalue weighted by Crippen LogP contribution is 2.25. The van der Waals surface area contributed by atoms with E-state index in [4.69, 9.17) is 4.74 Å². The molecule has 2 N–H and O–H groups in total. The van der Waals surface area contributed by atoms with E-state index in [0.717, 1.165) is 0 Å². The summed E-state index contributed by atoms with van der Waals surface area (Å²) >= 11 is 0. The molecule has 0 fully saturated rings. The lowest BCUT2D eigenvalue weighted by Gasteiger charge is -2.25. The monoisotopic (exact) mass is 295 g/mol. The molecule has 0 saturated heterocycles. The molecule has 0 saturated carbocycles. The second kappa shape index (κ2) is 7.03.